The standard InChI is InChI=1S/C30H27N5O/c36-30-25(17-23-9-4-5-11-27(23)33-30)20-35-15-12-22(13-16-35)28-26(21-7-2-1-3-8-21)19-32-29(34-28)24-10-6-14-31-18-24/h1-11,14,17-19,22H,12-13,15-16,20H2,(H,33,36). The molecular formula is C30H27N5O. The molecular weight excluding hydrogens is 446 g/mol. The van der Waals surface area contributed by atoms with Gasteiger partial charge in [-0.1, -0.05) is 48.5 Å². The highest BCUT2D eigenvalue weighted by Crippen LogP contribution is 2.35. The van der Waals surface area contributed by atoms with Gasteiger partial charge >= 0.3 is 0 Å². The molecule has 5 aromatic rings. The van der Waals surface area contributed by atoms with Gasteiger partial charge in [0, 0.05) is 53.3 Å². The van der Waals surface area contributed by atoms with Gasteiger partial charge in [-0.2, -0.15) is 0 Å². The van der Waals surface area contributed by atoms with Crippen LogP contribution in [0.3, 0.4) is 0 Å². The maximum Gasteiger partial charge on any atom is 0.252 e. The molecule has 6 rings (SSSR count). The van der Waals surface area contributed by atoms with Gasteiger partial charge in [0.1, 0.15) is 0 Å². The summed E-state index contributed by atoms with van der Waals surface area (Å²) in [5.74, 6) is 1.03. The first-order valence-corrected chi connectivity index (χ1v) is 12.4. The Kier molecular flexibility index (Phi) is 6.10. The number of piperidine rings is 1. The number of likely N-dealkylation sites (tertiary alicyclic amines) is 1. The van der Waals surface area contributed by atoms with Gasteiger partial charge in [-0.15, -0.1) is 0 Å². The molecule has 1 aliphatic rings. The molecule has 1 aliphatic heterocycles. The molecule has 0 radical (unpaired) electrons. The lowest BCUT2D eigenvalue weighted by Crippen LogP contribution is -2.34. The fourth-order valence-corrected chi connectivity index (χ4v) is 5.10. The summed E-state index contributed by atoms with van der Waals surface area (Å²) in [4.78, 5) is 32.1. The number of hydrogen-bond donors (Lipinski definition) is 1. The van der Waals surface area contributed by atoms with Crippen molar-refractivity contribution in [3.05, 3.63) is 113 Å². The smallest absolute Gasteiger partial charge is 0.252 e. The molecule has 3 aromatic heterocycles. The van der Waals surface area contributed by atoms with Crippen LogP contribution in [0.1, 0.15) is 30.0 Å². The number of aromatic nitrogens is 4. The zero-order valence-electron chi connectivity index (χ0n) is 20.0. The number of nitrogens with one attached hydrogen (secondary N) is 1. The van der Waals surface area contributed by atoms with Gasteiger partial charge in [0.05, 0.1) is 5.69 Å². The average molecular weight is 474 g/mol. The maximum absolute atomic E-state index is 12.7. The predicted molar refractivity (Wildman–Crippen MR) is 143 cm³/mol. The van der Waals surface area contributed by atoms with Crippen LogP contribution in [0, 0.1) is 0 Å². The van der Waals surface area contributed by atoms with Crippen molar-refractivity contribution in [1.82, 2.24) is 24.8 Å². The molecule has 0 amide bonds. The van der Waals surface area contributed by atoms with E-state index in [1.54, 1.807) is 6.20 Å². The number of pyridine rings is 2. The lowest BCUT2D eigenvalue weighted by atomic mass is 9.88. The summed E-state index contributed by atoms with van der Waals surface area (Å²) < 4.78 is 0. The molecule has 1 N–H and O–H groups in total. The summed E-state index contributed by atoms with van der Waals surface area (Å²) in [6.07, 6.45) is 7.49. The van der Waals surface area contributed by atoms with Crippen LogP contribution in [0.15, 0.2) is 96.2 Å². The van der Waals surface area contributed by atoms with E-state index in [9.17, 15) is 4.79 Å². The average Bonchev–Trinajstić information content (AvgIpc) is 2.94. The van der Waals surface area contributed by atoms with E-state index in [2.05, 4.69) is 44.1 Å². The summed E-state index contributed by atoms with van der Waals surface area (Å²) in [6.45, 7) is 2.48. The van der Waals surface area contributed by atoms with Gasteiger partial charge in [-0.3, -0.25) is 14.7 Å². The van der Waals surface area contributed by atoms with E-state index in [0.29, 0.717) is 18.3 Å². The Hall–Kier alpha value is -4.16. The van der Waals surface area contributed by atoms with Crippen LogP contribution in [0.25, 0.3) is 33.4 Å². The zero-order chi connectivity index (χ0) is 24.3. The first-order chi connectivity index (χ1) is 17.7. The topological polar surface area (TPSA) is 74.8 Å². The lowest BCUT2D eigenvalue weighted by Gasteiger charge is -2.32. The van der Waals surface area contributed by atoms with Crippen molar-refractivity contribution in [2.24, 2.45) is 0 Å². The minimum absolute atomic E-state index is 0.000833. The van der Waals surface area contributed by atoms with Crippen LogP contribution in [0.2, 0.25) is 0 Å². The molecule has 1 saturated heterocycles. The Morgan fingerprint density at radius 1 is 0.889 bits per heavy atom. The van der Waals surface area contributed by atoms with E-state index >= 15 is 0 Å². The van der Waals surface area contributed by atoms with Crippen molar-refractivity contribution in [3.8, 4) is 22.5 Å². The molecule has 0 saturated carbocycles. The fraction of sp³-hybridized carbons (Fsp3) is 0.200. The number of para-hydroxylation sites is 1. The van der Waals surface area contributed by atoms with Crippen LogP contribution in [0.4, 0.5) is 0 Å². The minimum atomic E-state index is -0.000833. The molecule has 6 nitrogen and oxygen atoms in total. The zero-order valence-corrected chi connectivity index (χ0v) is 20.0. The number of hydrogen-bond acceptors (Lipinski definition) is 5. The molecule has 0 aliphatic carbocycles. The van der Waals surface area contributed by atoms with E-state index in [0.717, 1.165) is 64.8 Å². The van der Waals surface area contributed by atoms with Gasteiger partial charge in [-0.25, -0.2) is 9.97 Å². The van der Waals surface area contributed by atoms with E-state index in [1.165, 1.54) is 0 Å². The Bertz CT molecular complexity index is 1540. The monoisotopic (exact) mass is 473 g/mol. The SMILES string of the molecule is O=c1[nH]c2ccccc2cc1CN1CCC(c2nc(-c3cccnc3)ncc2-c2ccccc2)CC1. The van der Waals surface area contributed by atoms with Crippen molar-refractivity contribution < 1.29 is 0 Å². The molecule has 4 heterocycles. The fourth-order valence-electron chi connectivity index (χ4n) is 5.10. The molecule has 2 aromatic carbocycles. The highest BCUT2D eigenvalue weighted by molar-refractivity contribution is 5.78. The van der Waals surface area contributed by atoms with E-state index in [-0.39, 0.29) is 5.56 Å². The molecule has 6 heteroatoms. The normalized spacial score (nSPS) is 14.8. The first kappa shape index (κ1) is 22.3. The Labute approximate surface area is 209 Å². The quantitative estimate of drug-likeness (QED) is 0.369. The van der Waals surface area contributed by atoms with E-state index in [1.807, 2.05) is 60.9 Å². The van der Waals surface area contributed by atoms with Crippen molar-refractivity contribution in [2.75, 3.05) is 13.1 Å². The molecule has 0 unspecified atom stereocenters. The second-order valence-electron chi connectivity index (χ2n) is 9.36. The van der Waals surface area contributed by atoms with Gasteiger partial charge < -0.3 is 4.98 Å². The largest absolute Gasteiger partial charge is 0.322 e. The summed E-state index contributed by atoms with van der Waals surface area (Å²) in [5, 5.41) is 1.07. The number of nitrogens with zero attached hydrogens (tertiary/aromatic N) is 4. The molecule has 36 heavy (non-hydrogen) atoms. The van der Waals surface area contributed by atoms with Crippen molar-refractivity contribution in [1.29, 1.82) is 0 Å². The summed E-state index contributed by atoms with van der Waals surface area (Å²) in [6, 6.07) is 24.2. The summed E-state index contributed by atoms with van der Waals surface area (Å²) >= 11 is 0. The van der Waals surface area contributed by atoms with Crippen LogP contribution in [0.5, 0.6) is 0 Å². The molecule has 0 bridgehead atoms. The molecule has 0 atom stereocenters. The first-order valence-electron chi connectivity index (χ1n) is 12.4. The van der Waals surface area contributed by atoms with Gasteiger partial charge in [0.15, 0.2) is 5.82 Å². The maximum atomic E-state index is 12.7. The Morgan fingerprint density at radius 3 is 2.47 bits per heavy atom. The third kappa shape index (κ3) is 4.55. The number of benzene rings is 2. The van der Waals surface area contributed by atoms with Gasteiger partial charge in [0.2, 0.25) is 0 Å². The van der Waals surface area contributed by atoms with Crippen LogP contribution < -0.4 is 5.56 Å². The Morgan fingerprint density at radius 2 is 1.67 bits per heavy atom. The Balaban J connectivity index is 1.25. The molecule has 178 valence electrons. The summed E-state index contributed by atoms with van der Waals surface area (Å²) in [7, 11) is 0. The number of H-pyrrole nitrogens is 1. The van der Waals surface area contributed by atoms with E-state index in [4.69, 9.17) is 4.98 Å². The third-order valence-corrected chi connectivity index (χ3v) is 7.02. The lowest BCUT2D eigenvalue weighted by molar-refractivity contribution is 0.203. The van der Waals surface area contributed by atoms with Crippen LogP contribution in [-0.4, -0.2) is 37.9 Å². The van der Waals surface area contributed by atoms with Crippen molar-refractivity contribution in [3.63, 3.8) is 0 Å². The van der Waals surface area contributed by atoms with Gasteiger partial charge in [-0.05, 0) is 61.1 Å². The minimum Gasteiger partial charge on any atom is -0.322 e. The number of rotatable bonds is 5. The third-order valence-electron chi connectivity index (χ3n) is 7.02. The molecule has 0 spiro atoms. The van der Waals surface area contributed by atoms with Crippen LogP contribution in [-0.2, 0) is 6.54 Å². The number of fused-ring (bicyclic) bond motifs is 1. The van der Waals surface area contributed by atoms with Crippen LogP contribution >= 0.6 is 0 Å². The highest BCUT2D eigenvalue weighted by Gasteiger charge is 2.26. The molecule has 1 fully saturated rings. The highest BCUT2D eigenvalue weighted by atomic mass is 16.1. The van der Waals surface area contributed by atoms with Gasteiger partial charge in [0.25, 0.3) is 5.56 Å². The summed E-state index contributed by atoms with van der Waals surface area (Å²) in [5.41, 5.74) is 5.94. The number of aromatic amines is 1. The van der Waals surface area contributed by atoms with Crippen molar-refractivity contribution >= 4 is 10.9 Å². The second-order valence-corrected chi connectivity index (χ2v) is 9.36. The van der Waals surface area contributed by atoms with Crippen molar-refractivity contribution in [2.45, 2.75) is 25.3 Å². The van der Waals surface area contributed by atoms with E-state index < -0.39 is 0 Å². The predicted octanol–water partition coefficient (Wildman–Crippen LogP) is 5.43. The second kappa shape index (κ2) is 9.84.